The van der Waals surface area contributed by atoms with Gasteiger partial charge in [0, 0.05) is 51.2 Å². The number of rotatable bonds is 6. The van der Waals surface area contributed by atoms with Crippen molar-refractivity contribution in [3.05, 3.63) is 77.7 Å². The monoisotopic (exact) mass is 460 g/mol. The first kappa shape index (κ1) is 21.2. The molecule has 7 nitrogen and oxygen atoms in total. The van der Waals surface area contributed by atoms with Crippen LogP contribution in [0.2, 0.25) is 0 Å². The van der Waals surface area contributed by atoms with Crippen LogP contribution in [0.15, 0.2) is 60.8 Å². The molecule has 0 atom stereocenters. The van der Waals surface area contributed by atoms with Gasteiger partial charge in [-0.1, -0.05) is 36.4 Å². The van der Waals surface area contributed by atoms with Gasteiger partial charge in [-0.3, -0.25) is 9.59 Å². The van der Waals surface area contributed by atoms with Gasteiger partial charge in [-0.05, 0) is 30.7 Å². The third-order valence-corrected chi connectivity index (χ3v) is 6.87. The molecule has 2 aromatic carbocycles. The molecule has 0 saturated carbocycles. The van der Waals surface area contributed by atoms with Gasteiger partial charge in [-0.15, -0.1) is 10.3 Å². The third-order valence-electron chi connectivity index (χ3n) is 5.67. The highest BCUT2D eigenvalue weighted by Crippen LogP contribution is 2.33. The van der Waals surface area contributed by atoms with Crippen molar-refractivity contribution in [1.29, 1.82) is 0 Å². The maximum atomic E-state index is 13.7. The van der Waals surface area contributed by atoms with Crippen molar-refractivity contribution in [3.8, 4) is 0 Å². The Hall–Kier alpha value is -3.62. The summed E-state index contributed by atoms with van der Waals surface area (Å²) in [6.45, 7) is 0.330. The van der Waals surface area contributed by atoms with Crippen LogP contribution in [0.3, 0.4) is 0 Å². The maximum absolute atomic E-state index is 13.7. The average Bonchev–Trinajstić information content (AvgIpc) is 3.38. The van der Waals surface area contributed by atoms with Crippen LogP contribution < -0.4 is 5.32 Å². The van der Waals surface area contributed by atoms with Gasteiger partial charge < -0.3 is 19.8 Å². The predicted molar refractivity (Wildman–Crippen MR) is 135 cm³/mol. The Morgan fingerprint density at radius 2 is 1.70 bits per heavy atom. The fourth-order valence-electron chi connectivity index (χ4n) is 4.02. The topological polar surface area (TPSA) is 111 Å². The van der Waals surface area contributed by atoms with E-state index >= 15 is 0 Å². The highest BCUT2D eigenvalue weighted by Gasteiger charge is 2.23. The van der Waals surface area contributed by atoms with Crippen LogP contribution >= 0.6 is 10.3 Å². The molecule has 5 rings (SSSR count). The number of hydrogen-bond acceptors (Lipinski definition) is 4. The highest BCUT2D eigenvalue weighted by molar-refractivity contribution is 8.28. The Labute approximate surface area is 191 Å². The molecule has 4 N–H and O–H groups in total. The highest BCUT2D eigenvalue weighted by atomic mass is 32.3. The summed E-state index contributed by atoms with van der Waals surface area (Å²) >= 11 is 0. The zero-order valence-electron chi connectivity index (χ0n) is 18.3. The summed E-state index contributed by atoms with van der Waals surface area (Å²) in [5.41, 5.74) is 3.19. The van der Waals surface area contributed by atoms with Crippen LogP contribution in [0.1, 0.15) is 26.5 Å². The number of nitrogens with zero attached hydrogens (tertiary/aromatic N) is 1. The average molecular weight is 461 g/mol. The standard InChI is InChI=1S/C25H24N4O3S/c1-33(2,32)12-11-26-25(31)21-13-17-15-7-4-6-10-20(15)28-22(17)23(29-21)24(30)18-14-27-19-9-5-3-8-16(18)19/h3-10,13-14,27-28,32H,11-12H2,1-2H3,(H,26,31). The van der Waals surface area contributed by atoms with Gasteiger partial charge >= 0.3 is 0 Å². The minimum atomic E-state index is -1.73. The second-order valence-electron chi connectivity index (χ2n) is 8.47. The van der Waals surface area contributed by atoms with Gasteiger partial charge in [0.15, 0.2) is 0 Å². The number of carbonyl (C=O) groups is 2. The lowest BCUT2D eigenvalue weighted by Crippen LogP contribution is -2.29. The van der Waals surface area contributed by atoms with Crippen molar-refractivity contribution in [2.24, 2.45) is 0 Å². The van der Waals surface area contributed by atoms with E-state index in [1.807, 2.05) is 48.5 Å². The molecule has 0 saturated heterocycles. The normalized spacial score (nSPS) is 12.5. The molecular weight excluding hydrogens is 436 g/mol. The quantitative estimate of drug-likeness (QED) is 0.275. The van der Waals surface area contributed by atoms with E-state index in [1.54, 1.807) is 24.8 Å². The van der Waals surface area contributed by atoms with Gasteiger partial charge in [0.2, 0.25) is 5.78 Å². The summed E-state index contributed by atoms with van der Waals surface area (Å²) < 4.78 is 10.0. The number of nitrogens with one attached hydrogen (secondary N) is 3. The molecular formula is C25H24N4O3S. The molecule has 0 bridgehead atoms. The molecule has 3 heterocycles. The minimum absolute atomic E-state index is 0.168. The second-order valence-corrected chi connectivity index (χ2v) is 11.8. The molecule has 0 radical (unpaired) electrons. The first-order valence-electron chi connectivity index (χ1n) is 10.6. The van der Waals surface area contributed by atoms with Crippen molar-refractivity contribution < 1.29 is 14.1 Å². The molecule has 3 aromatic heterocycles. The third kappa shape index (κ3) is 3.99. The largest absolute Gasteiger partial charge is 0.360 e. The van der Waals surface area contributed by atoms with Gasteiger partial charge in [-0.2, -0.15) is 0 Å². The van der Waals surface area contributed by atoms with Crippen molar-refractivity contribution in [1.82, 2.24) is 20.3 Å². The van der Waals surface area contributed by atoms with E-state index in [2.05, 4.69) is 20.3 Å². The van der Waals surface area contributed by atoms with Gasteiger partial charge in [0.05, 0.1) is 5.52 Å². The molecule has 0 aliphatic heterocycles. The SMILES string of the molecule is CS(C)(O)CCNC(=O)c1cc2c([nH]c3ccccc32)c(C(=O)c2c[nH]c3ccccc23)n1. The number of amides is 1. The van der Waals surface area contributed by atoms with Crippen LogP contribution in [0.4, 0.5) is 0 Å². The zero-order valence-corrected chi connectivity index (χ0v) is 19.1. The van der Waals surface area contributed by atoms with E-state index in [1.165, 1.54) is 0 Å². The molecule has 0 spiro atoms. The molecule has 0 aliphatic rings. The lowest BCUT2D eigenvalue weighted by atomic mass is 10.0. The number of ketones is 1. The molecule has 5 aromatic rings. The van der Waals surface area contributed by atoms with E-state index in [9.17, 15) is 14.1 Å². The van der Waals surface area contributed by atoms with Crippen LogP contribution in [-0.2, 0) is 0 Å². The predicted octanol–water partition coefficient (Wildman–Crippen LogP) is 4.70. The van der Waals surface area contributed by atoms with Gasteiger partial charge in [0.25, 0.3) is 5.91 Å². The summed E-state index contributed by atoms with van der Waals surface area (Å²) in [6, 6.07) is 17.0. The number of benzene rings is 2. The summed E-state index contributed by atoms with van der Waals surface area (Å²) in [7, 11) is -1.73. The summed E-state index contributed by atoms with van der Waals surface area (Å²) in [6.07, 6.45) is 5.22. The number of fused-ring (bicyclic) bond motifs is 4. The van der Waals surface area contributed by atoms with Crippen LogP contribution in [0.5, 0.6) is 0 Å². The summed E-state index contributed by atoms with van der Waals surface area (Å²) in [4.78, 5) is 37.6. The summed E-state index contributed by atoms with van der Waals surface area (Å²) in [5.74, 6) is -0.159. The Balaban J connectivity index is 1.63. The molecule has 168 valence electrons. The van der Waals surface area contributed by atoms with Crippen molar-refractivity contribution in [2.75, 3.05) is 24.8 Å². The Morgan fingerprint density at radius 1 is 1.00 bits per heavy atom. The molecule has 0 unspecified atom stereocenters. The van der Waals surface area contributed by atoms with Crippen molar-refractivity contribution in [3.63, 3.8) is 0 Å². The fraction of sp³-hybridized carbons (Fsp3) is 0.160. The number of para-hydroxylation sites is 2. The summed E-state index contributed by atoms with van der Waals surface area (Å²) in [5, 5.41) is 5.31. The number of aromatic amines is 2. The van der Waals surface area contributed by atoms with Crippen molar-refractivity contribution in [2.45, 2.75) is 0 Å². The van der Waals surface area contributed by atoms with Gasteiger partial charge in [0.1, 0.15) is 11.4 Å². The molecule has 1 amide bonds. The molecule has 0 aliphatic carbocycles. The van der Waals surface area contributed by atoms with Crippen LogP contribution in [0.25, 0.3) is 32.7 Å². The lowest BCUT2D eigenvalue weighted by molar-refractivity contribution is 0.0951. The van der Waals surface area contributed by atoms with Crippen LogP contribution in [0, 0.1) is 0 Å². The van der Waals surface area contributed by atoms with E-state index in [-0.39, 0.29) is 23.1 Å². The van der Waals surface area contributed by atoms with Gasteiger partial charge in [-0.25, -0.2) is 4.98 Å². The van der Waals surface area contributed by atoms with Crippen LogP contribution in [-0.4, -0.2) is 56.0 Å². The fourth-order valence-corrected chi connectivity index (χ4v) is 4.62. The maximum Gasteiger partial charge on any atom is 0.269 e. The van der Waals surface area contributed by atoms with Crippen molar-refractivity contribution >= 4 is 54.7 Å². The first-order chi connectivity index (χ1) is 15.8. The molecule has 0 fully saturated rings. The number of carbonyl (C=O) groups excluding carboxylic acids is 2. The number of H-pyrrole nitrogens is 2. The minimum Gasteiger partial charge on any atom is -0.360 e. The number of pyridine rings is 1. The van der Waals surface area contributed by atoms with E-state index in [0.717, 1.165) is 27.2 Å². The lowest BCUT2D eigenvalue weighted by Gasteiger charge is -2.22. The Bertz CT molecular complexity index is 1530. The Kier molecular flexibility index (Phi) is 5.19. The molecule has 8 heteroatoms. The smallest absolute Gasteiger partial charge is 0.269 e. The van der Waals surface area contributed by atoms with E-state index < -0.39 is 10.3 Å². The number of hydrogen-bond donors (Lipinski definition) is 4. The van der Waals surface area contributed by atoms with E-state index in [0.29, 0.717) is 23.4 Å². The number of aromatic nitrogens is 3. The second kappa shape index (κ2) is 8.06. The zero-order chi connectivity index (χ0) is 23.2. The first-order valence-corrected chi connectivity index (χ1v) is 13.1. The van der Waals surface area contributed by atoms with E-state index in [4.69, 9.17) is 0 Å². The molecule has 33 heavy (non-hydrogen) atoms. The Morgan fingerprint density at radius 3 is 2.45 bits per heavy atom.